The minimum absolute atomic E-state index is 0. The maximum atomic E-state index is 2.04. The molecular formula is C4H15BS2. The van der Waals surface area contributed by atoms with Crippen LogP contribution in [-0.4, -0.2) is 33.4 Å². The lowest BCUT2D eigenvalue weighted by atomic mass is 10.8. The second-order valence-corrected chi connectivity index (χ2v) is 2.45. The molecule has 0 aliphatic carbocycles. The molecule has 0 N–H and O–H groups in total. The molecule has 0 amide bonds. The fraction of sp³-hybridized carbons (Fsp3) is 1.00. The van der Waals surface area contributed by atoms with Crippen LogP contribution < -0.4 is 0 Å². The van der Waals surface area contributed by atoms with Gasteiger partial charge in [-0.25, -0.2) is 0 Å². The highest BCUT2D eigenvalue weighted by molar-refractivity contribution is 7.98. The molecule has 0 spiro atoms. The second-order valence-electron chi connectivity index (χ2n) is 0.816. The summed E-state index contributed by atoms with van der Waals surface area (Å²) in [6.07, 6.45) is 8.17. The smallest absolute Gasteiger partial charge is 0.0814 e. The van der Waals surface area contributed by atoms with Gasteiger partial charge in [0, 0.05) is 0 Å². The van der Waals surface area contributed by atoms with Crippen molar-refractivity contribution in [1.29, 1.82) is 0 Å². The molecule has 0 aromatic rings. The summed E-state index contributed by atoms with van der Waals surface area (Å²) in [6, 6.07) is 0. The fourth-order valence-electron chi connectivity index (χ4n) is 0. The van der Waals surface area contributed by atoms with E-state index in [4.69, 9.17) is 0 Å². The minimum Gasteiger partial charge on any atom is -0.169 e. The van der Waals surface area contributed by atoms with Crippen molar-refractivity contribution in [2.24, 2.45) is 0 Å². The van der Waals surface area contributed by atoms with Crippen molar-refractivity contribution in [3.05, 3.63) is 0 Å². The molecule has 3 heteroatoms. The van der Waals surface area contributed by atoms with Crippen LogP contribution in [0.25, 0.3) is 0 Å². The van der Waals surface area contributed by atoms with E-state index in [1.165, 1.54) is 0 Å². The summed E-state index contributed by atoms with van der Waals surface area (Å²) < 4.78 is 0. The molecule has 7 heavy (non-hydrogen) atoms. The minimum atomic E-state index is 0. The maximum absolute atomic E-state index is 2.04. The predicted octanol–water partition coefficient (Wildman–Crippen LogP) is 0.774. The van der Waals surface area contributed by atoms with Crippen molar-refractivity contribution in [2.75, 3.05) is 25.0 Å². The first-order valence-electron chi connectivity index (χ1n) is 1.63. The Labute approximate surface area is 57.4 Å². The van der Waals surface area contributed by atoms with Crippen molar-refractivity contribution in [3.63, 3.8) is 0 Å². The van der Waals surface area contributed by atoms with E-state index >= 15 is 0 Å². The van der Waals surface area contributed by atoms with Gasteiger partial charge in [-0.15, -0.1) is 0 Å². The number of hydrogen-bond acceptors (Lipinski definition) is 2. The quantitative estimate of drug-likeness (QED) is 0.453. The van der Waals surface area contributed by atoms with Gasteiger partial charge in [0.15, 0.2) is 0 Å². The zero-order valence-corrected chi connectivity index (χ0v) is 6.45. The van der Waals surface area contributed by atoms with Crippen LogP contribution in [0.4, 0.5) is 0 Å². The van der Waals surface area contributed by atoms with Crippen LogP contribution in [0.2, 0.25) is 0 Å². The molecule has 0 aromatic heterocycles. The largest absolute Gasteiger partial charge is 0.169 e. The topological polar surface area (TPSA) is 0 Å². The molecule has 0 bridgehead atoms. The van der Waals surface area contributed by atoms with Gasteiger partial charge in [0.05, 0.1) is 8.41 Å². The van der Waals surface area contributed by atoms with Crippen LogP contribution in [-0.2, 0) is 0 Å². The highest BCUT2D eigenvalue weighted by atomic mass is 32.2. The molecule has 0 atom stereocenters. The van der Waals surface area contributed by atoms with E-state index in [-0.39, 0.29) is 8.41 Å². The monoisotopic (exact) mass is 138 g/mol. The third-order valence-corrected chi connectivity index (χ3v) is 0. The van der Waals surface area contributed by atoms with Gasteiger partial charge >= 0.3 is 0 Å². The Morgan fingerprint density at radius 3 is 0.714 bits per heavy atom. The Kier molecular flexibility index (Phi) is 65.8. The molecule has 0 saturated heterocycles. The number of thioether (sulfide) groups is 2. The summed E-state index contributed by atoms with van der Waals surface area (Å²) in [5, 5.41) is 0. The van der Waals surface area contributed by atoms with Gasteiger partial charge in [0.1, 0.15) is 0 Å². The highest BCUT2D eigenvalue weighted by Gasteiger charge is 1.33. The first kappa shape index (κ1) is 15.7. The Morgan fingerprint density at radius 2 is 0.714 bits per heavy atom. The molecular weight excluding hydrogens is 123 g/mol. The maximum Gasteiger partial charge on any atom is 0.0814 e. The second kappa shape index (κ2) is 29.4. The molecule has 0 unspecified atom stereocenters. The van der Waals surface area contributed by atoms with Crippen LogP contribution in [0, 0.1) is 0 Å². The molecule has 46 valence electrons. The highest BCUT2D eigenvalue weighted by Crippen LogP contribution is 1.70. The molecule has 0 saturated carbocycles. The molecule has 0 nitrogen and oxygen atoms in total. The molecule has 0 aliphatic rings. The average molecular weight is 138 g/mol. The van der Waals surface area contributed by atoms with Gasteiger partial charge in [-0.05, 0) is 25.0 Å². The SMILES string of the molecule is B.CSC.CSC. The van der Waals surface area contributed by atoms with Crippen LogP contribution in [0.1, 0.15) is 0 Å². The van der Waals surface area contributed by atoms with E-state index in [0.29, 0.717) is 0 Å². The molecule has 0 fully saturated rings. The number of hydrogen-bond donors (Lipinski definition) is 0. The number of rotatable bonds is 0. The Bertz CT molecular complexity index is 11.7. The molecule has 0 heterocycles. The van der Waals surface area contributed by atoms with Crippen molar-refractivity contribution in [1.82, 2.24) is 0 Å². The molecule has 0 rings (SSSR count). The zero-order chi connectivity index (χ0) is 5.41. The van der Waals surface area contributed by atoms with Gasteiger partial charge in [0.2, 0.25) is 0 Å². The van der Waals surface area contributed by atoms with E-state index in [1.54, 1.807) is 23.5 Å². The van der Waals surface area contributed by atoms with Gasteiger partial charge < -0.3 is 0 Å². The average Bonchev–Trinajstić information content (AvgIpc) is 1.39. The lowest BCUT2D eigenvalue weighted by molar-refractivity contribution is 2.37. The molecule has 0 aromatic carbocycles. The van der Waals surface area contributed by atoms with E-state index in [0.717, 1.165) is 0 Å². The summed E-state index contributed by atoms with van der Waals surface area (Å²) >= 11 is 3.50. The van der Waals surface area contributed by atoms with Gasteiger partial charge in [0.25, 0.3) is 0 Å². The van der Waals surface area contributed by atoms with E-state index in [2.05, 4.69) is 0 Å². The first-order chi connectivity index (χ1) is 2.83. The van der Waals surface area contributed by atoms with Crippen LogP contribution >= 0.6 is 23.5 Å². The third-order valence-electron chi connectivity index (χ3n) is 0. The lowest BCUT2D eigenvalue weighted by Gasteiger charge is -1.51. The van der Waals surface area contributed by atoms with Crippen LogP contribution in [0.15, 0.2) is 0 Å². The van der Waals surface area contributed by atoms with E-state index < -0.39 is 0 Å². The van der Waals surface area contributed by atoms with Crippen molar-refractivity contribution in [2.45, 2.75) is 0 Å². The standard InChI is InChI=1S/2C2H6S.BH3/c2*1-3-2;/h2*1-2H3;1H3. The van der Waals surface area contributed by atoms with E-state index in [1.807, 2.05) is 25.0 Å². The van der Waals surface area contributed by atoms with Crippen molar-refractivity contribution < 1.29 is 0 Å². The van der Waals surface area contributed by atoms with Gasteiger partial charge in [-0.1, -0.05) is 0 Å². The summed E-state index contributed by atoms with van der Waals surface area (Å²) in [6.45, 7) is 0. The van der Waals surface area contributed by atoms with Crippen LogP contribution in [0.3, 0.4) is 0 Å². The predicted molar refractivity (Wildman–Crippen MR) is 48.8 cm³/mol. The summed E-state index contributed by atoms with van der Waals surface area (Å²) in [7, 11) is 0. The molecule has 0 radical (unpaired) electrons. The summed E-state index contributed by atoms with van der Waals surface area (Å²) in [4.78, 5) is 0. The normalized spacial score (nSPS) is 5.14. The Morgan fingerprint density at radius 1 is 0.714 bits per heavy atom. The summed E-state index contributed by atoms with van der Waals surface area (Å²) in [5.41, 5.74) is 0. The zero-order valence-electron chi connectivity index (χ0n) is 4.82. The third kappa shape index (κ3) is 262. The van der Waals surface area contributed by atoms with Gasteiger partial charge in [-0.3, -0.25) is 0 Å². The molecule has 0 aliphatic heterocycles. The van der Waals surface area contributed by atoms with Crippen molar-refractivity contribution >= 4 is 31.9 Å². The van der Waals surface area contributed by atoms with E-state index in [9.17, 15) is 0 Å². The fourth-order valence-corrected chi connectivity index (χ4v) is 0. The lowest BCUT2D eigenvalue weighted by Crippen LogP contribution is -1.25. The summed E-state index contributed by atoms with van der Waals surface area (Å²) in [5.74, 6) is 0. The van der Waals surface area contributed by atoms with Crippen LogP contribution in [0.5, 0.6) is 0 Å². The Balaban J connectivity index is -0.0000000400. The first-order valence-corrected chi connectivity index (χ1v) is 4.90. The Hall–Kier alpha value is 0.765. The van der Waals surface area contributed by atoms with Gasteiger partial charge in [-0.2, -0.15) is 23.5 Å². The van der Waals surface area contributed by atoms with Crippen molar-refractivity contribution in [3.8, 4) is 0 Å².